The minimum atomic E-state index is -4.70. The number of carbonyl (C=O) groups is 2. The van der Waals surface area contributed by atoms with Crippen molar-refractivity contribution >= 4 is 19.7 Å². The molecule has 1 amide bonds. The number of likely N-dealkylation sites (N-methyl/N-ethyl adjacent to an activating group) is 1. The molecule has 3 atom stereocenters. The molecule has 434 valence electrons. The van der Waals surface area contributed by atoms with Crippen LogP contribution in [0.25, 0.3) is 0 Å². The summed E-state index contributed by atoms with van der Waals surface area (Å²) in [7, 11) is 1.18. The highest BCUT2D eigenvalue weighted by molar-refractivity contribution is 7.45. The maximum atomic E-state index is 13.5. The highest BCUT2D eigenvalue weighted by Crippen LogP contribution is 2.38. The van der Waals surface area contributed by atoms with Crippen LogP contribution in [0.4, 0.5) is 0 Å². The van der Waals surface area contributed by atoms with Crippen LogP contribution in [0.15, 0.2) is 48.6 Å². The van der Waals surface area contributed by atoms with Gasteiger partial charge in [-0.05, 0) is 89.5 Å². The number of nitrogens with zero attached hydrogens (tertiary/aromatic N) is 1. The Labute approximate surface area is 458 Å². The number of phosphoric ester groups is 1. The Hall–Kier alpha value is -2.03. The van der Waals surface area contributed by atoms with E-state index in [0.29, 0.717) is 23.9 Å². The lowest BCUT2D eigenvalue weighted by Gasteiger charge is -2.30. The number of nitrogens with one attached hydrogen (secondary N) is 1. The standard InChI is InChI=1S/C64H121N2O7P/c1-7-10-13-16-19-22-25-28-29-30-31-32-33-34-35-36-37-39-42-45-48-51-54-57-64(68)73-62(55-52-49-46-43-40-27-24-21-18-15-12-9-3)61(60-72-74(69,70)71-59-58-66(4,5)6)65-63(67)56-53-50-47-44-41-38-26-23-20-17-14-11-8-2/h19,22,28-29,38,41,52,55,61-62H,7-18,20-21,23-27,30-37,39-40,42-51,53-54,56-60H2,1-6H3,(H-,65,67,69,70)/b22-19-,29-28-,41-38-,55-52-. The quantitative estimate of drug-likeness (QED) is 0.0212. The van der Waals surface area contributed by atoms with E-state index in [4.69, 9.17) is 13.8 Å². The zero-order valence-electron chi connectivity index (χ0n) is 49.6. The van der Waals surface area contributed by atoms with Gasteiger partial charge in [0.1, 0.15) is 19.3 Å². The van der Waals surface area contributed by atoms with Gasteiger partial charge in [-0.15, -0.1) is 0 Å². The molecule has 0 aromatic heterocycles. The molecule has 10 heteroatoms. The van der Waals surface area contributed by atoms with Crippen molar-refractivity contribution in [2.75, 3.05) is 40.9 Å². The fourth-order valence-electron chi connectivity index (χ4n) is 9.08. The SMILES string of the molecule is CCCCC/C=C\C/C=C\CCCCCCCCCCCCCCCC(=O)OC(/C=C\CCCCCCCCCCCC)C(COP(=O)([O-])OCC[N+](C)(C)C)NC(=O)CCCCC/C=C\CCCCCCCC. The lowest BCUT2D eigenvalue weighted by molar-refractivity contribution is -0.870. The summed E-state index contributed by atoms with van der Waals surface area (Å²) in [6.07, 6.45) is 66.5. The van der Waals surface area contributed by atoms with Gasteiger partial charge in [0.25, 0.3) is 7.82 Å². The zero-order valence-corrected chi connectivity index (χ0v) is 50.4. The molecule has 0 fully saturated rings. The molecule has 0 saturated heterocycles. The van der Waals surface area contributed by atoms with E-state index >= 15 is 0 Å². The molecule has 0 aromatic rings. The van der Waals surface area contributed by atoms with Crippen LogP contribution < -0.4 is 10.2 Å². The number of rotatable bonds is 57. The number of ether oxygens (including phenoxy) is 1. The van der Waals surface area contributed by atoms with Gasteiger partial charge in [0.15, 0.2) is 0 Å². The smallest absolute Gasteiger partial charge is 0.306 e. The van der Waals surface area contributed by atoms with Gasteiger partial charge < -0.3 is 28.5 Å². The van der Waals surface area contributed by atoms with Crippen molar-refractivity contribution in [2.24, 2.45) is 0 Å². The highest BCUT2D eigenvalue weighted by Gasteiger charge is 2.27. The Balaban J connectivity index is 5.15. The van der Waals surface area contributed by atoms with Crippen LogP contribution in [0.3, 0.4) is 0 Å². The maximum absolute atomic E-state index is 13.5. The first-order valence-corrected chi connectivity index (χ1v) is 32.9. The van der Waals surface area contributed by atoms with Crippen LogP contribution in [0.2, 0.25) is 0 Å². The van der Waals surface area contributed by atoms with Gasteiger partial charge in [0.05, 0.1) is 33.8 Å². The van der Waals surface area contributed by atoms with Crippen molar-refractivity contribution in [1.29, 1.82) is 0 Å². The molecule has 0 aliphatic rings. The third-order valence-electron chi connectivity index (χ3n) is 14.0. The predicted octanol–water partition coefficient (Wildman–Crippen LogP) is 18.6. The molecule has 9 nitrogen and oxygen atoms in total. The minimum absolute atomic E-state index is 0.0243. The molecule has 0 aliphatic carbocycles. The fraction of sp³-hybridized carbons (Fsp3) is 0.844. The van der Waals surface area contributed by atoms with E-state index < -0.39 is 26.6 Å². The van der Waals surface area contributed by atoms with Crippen molar-refractivity contribution in [1.82, 2.24) is 5.32 Å². The second-order valence-electron chi connectivity index (χ2n) is 22.6. The van der Waals surface area contributed by atoms with Crippen LogP contribution in [0, 0.1) is 0 Å². The first kappa shape index (κ1) is 72.0. The van der Waals surface area contributed by atoms with Crippen molar-refractivity contribution < 1.29 is 37.3 Å². The number of phosphoric acid groups is 1. The van der Waals surface area contributed by atoms with E-state index in [-0.39, 0.29) is 24.9 Å². The number of hydrogen-bond acceptors (Lipinski definition) is 7. The van der Waals surface area contributed by atoms with E-state index in [0.717, 1.165) is 70.6 Å². The number of hydrogen-bond donors (Lipinski definition) is 1. The molecule has 74 heavy (non-hydrogen) atoms. The summed E-state index contributed by atoms with van der Waals surface area (Å²) < 4.78 is 30.3. The summed E-state index contributed by atoms with van der Waals surface area (Å²) in [5.41, 5.74) is 0. The summed E-state index contributed by atoms with van der Waals surface area (Å²) in [6, 6.07) is -0.894. The normalized spacial score (nSPS) is 14.0. The summed E-state index contributed by atoms with van der Waals surface area (Å²) in [5, 5.41) is 3.02. The van der Waals surface area contributed by atoms with Crippen LogP contribution in [0.1, 0.15) is 297 Å². The topological polar surface area (TPSA) is 114 Å². The summed E-state index contributed by atoms with van der Waals surface area (Å²) in [5.74, 6) is -0.552. The van der Waals surface area contributed by atoms with Gasteiger partial charge >= 0.3 is 5.97 Å². The van der Waals surface area contributed by atoms with Crippen molar-refractivity contribution in [3.8, 4) is 0 Å². The van der Waals surface area contributed by atoms with E-state index in [1.165, 1.54) is 186 Å². The molecule has 3 unspecified atom stereocenters. The second kappa shape index (κ2) is 54.3. The van der Waals surface area contributed by atoms with Gasteiger partial charge in [-0.3, -0.25) is 14.2 Å². The Kier molecular flexibility index (Phi) is 52.8. The molecule has 0 aliphatic heterocycles. The molecular formula is C64H121N2O7P. The van der Waals surface area contributed by atoms with E-state index in [9.17, 15) is 19.0 Å². The van der Waals surface area contributed by atoms with Crippen molar-refractivity contribution in [3.05, 3.63) is 48.6 Å². The monoisotopic (exact) mass is 1060 g/mol. The molecule has 0 spiro atoms. The molecule has 0 heterocycles. The number of unbranched alkanes of at least 4 members (excludes halogenated alkanes) is 35. The Bertz CT molecular complexity index is 1410. The third kappa shape index (κ3) is 54.7. The van der Waals surface area contributed by atoms with Crippen LogP contribution >= 0.6 is 7.82 Å². The number of quaternary nitrogens is 1. The van der Waals surface area contributed by atoms with Crippen LogP contribution in [-0.4, -0.2) is 69.4 Å². The maximum Gasteiger partial charge on any atom is 0.306 e. The highest BCUT2D eigenvalue weighted by atomic mass is 31.2. The fourth-order valence-corrected chi connectivity index (χ4v) is 9.80. The van der Waals surface area contributed by atoms with Crippen LogP contribution in [0.5, 0.6) is 0 Å². The Morgan fingerprint density at radius 1 is 0.473 bits per heavy atom. The van der Waals surface area contributed by atoms with Crippen LogP contribution in [-0.2, 0) is 27.9 Å². The molecule has 0 saturated carbocycles. The number of carbonyl (C=O) groups excluding carboxylic acids is 2. The minimum Gasteiger partial charge on any atom is -0.756 e. The average Bonchev–Trinajstić information content (AvgIpc) is 3.36. The first-order valence-electron chi connectivity index (χ1n) is 31.4. The summed E-state index contributed by atoms with van der Waals surface area (Å²) in [6.45, 7) is 6.82. The molecule has 0 radical (unpaired) electrons. The lowest BCUT2D eigenvalue weighted by atomic mass is 10.0. The van der Waals surface area contributed by atoms with E-state index in [1.807, 2.05) is 33.3 Å². The first-order chi connectivity index (χ1) is 35.9. The second-order valence-corrected chi connectivity index (χ2v) is 24.0. The molecule has 0 aromatic carbocycles. The number of esters is 1. The molecule has 0 bridgehead atoms. The third-order valence-corrected chi connectivity index (χ3v) is 14.9. The van der Waals surface area contributed by atoms with Gasteiger partial charge in [-0.2, -0.15) is 0 Å². The summed E-state index contributed by atoms with van der Waals surface area (Å²) in [4.78, 5) is 39.9. The van der Waals surface area contributed by atoms with E-state index in [2.05, 4.69) is 62.5 Å². The Morgan fingerprint density at radius 3 is 1.27 bits per heavy atom. The summed E-state index contributed by atoms with van der Waals surface area (Å²) >= 11 is 0. The van der Waals surface area contributed by atoms with Crippen molar-refractivity contribution in [3.63, 3.8) is 0 Å². The number of allylic oxidation sites excluding steroid dienone is 7. The Morgan fingerprint density at radius 2 is 0.824 bits per heavy atom. The largest absolute Gasteiger partial charge is 0.756 e. The van der Waals surface area contributed by atoms with Gasteiger partial charge in [0.2, 0.25) is 5.91 Å². The average molecular weight is 1060 g/mol. The molecular weight excluding hydrogens is 940 g/mol. The van der Waals surface area contributed by atoms with Crippen molar-refractivity contribution in [2.45, 2.75) is 309 Å². The molecule has 1 N–H and O–H groups in total. The predicted molar refractivity (Wildman–Crippen MR) is 316 cm³/mol. The van der Waals surface area contributed by atoms with Gasteiger partial charge in [0, 0.05) is 12.8 Å². The van der Waals surface area contributed by atoms with E-state index in [1.54, 1.807) is 0 Å². The lowest BCUT2D eigenvalue weighted by Crippen LogP contribution is -2.47. The number of amides is 1. The zero-order chi connectivity index (χ0) is 54.3. The van der Waals surface area contributed by atoms with Gasteiger partial charge in [-0.25, -0.2) is 0 Å². The molecule has 0 rings (SSSR count). The van der Waals surface area contributed by atoms with Gasteiger partial charge in [-0.1, -0.05) is 243 Å².